The van der Waals surface area contributed by atoms with Gasteiger partial charge in [0.15, 0.2) is 0 Å². The molecule has 2 aliphatic rings. The van der Waals surface area contributed by atoms with Crippen LogP contribution in [0.3, 0.4) is 0 Å². The van der Waals surface area contributed by atoms with E-state index in [2.05, 4.69) is 5.32 Å². The smallest absolute Gasteiger partial charge is 0.306 e. The van der Waals surface area contributed by atoms with Gasteiger partial charge in [0, 0.05) is 12.5 Å². The SMILES string of the molecule is O=C(O)[C@H]1CC[C@@H](C(=O)NCC2CCCCC2)C1. The second kappa shape index (κ2) is 6.21. The Kier molecular flexibility index (Phi) is 4.61. The molecule has 2 saturated carbocycles. The quantitative estimate of drug-likeness (QED) is 0.807. The third-order valence-corrected chi connectivity index (χ3v) is 4.44. The zero-order valence-electron chi connectivity index (χ0n) is 10.9. The van der Waals surface area contributed by atoms with E-state index in [0.29, 0.717) is 18.8 Å². The Morgan fingerprint density at radius 2 is 1.67 bits per heavy atom. The monoisotopic (exact) mass is 253 g/mol. The minimum atomic E-state index is -0.752. The normalized spacial score (nSPS) is 29.1. The van der Waals surface area contributed by atoms with Crippen LogP contribution in [0.2, 0.25) is 0 Å². The van der Waals surface area contributed by atoms with Gasteiger partial charge in [-0.25, -0.2) is 0 Å². The highest BCUT2D eigenvalue weighted by molar-refractivity contribution is 5.80. The van der Waals surface area contributed by atoms with Crippen molar-refractivity contribution in [3.05, 3.63) is 0 Å². The number of rotatable bonds is 4. The van der Waals surface area contributed by atoms with Crippen molar-refractivity contribution in [2.45, 2.75) is 51.4 Å². The molecular weight excluding hydrogens is 230 g/mol. The van der Waals surface area contributed by atoms with Crippen molar-refractivity contribution < 1.29 is 14.7 Å². The minimum absolute atomic E-state index is 0.0734. The fourth-order valence-corrected chi connectivity index (χ4v) is 3.22. The largest absolute Gasteiger partial charge is 0.481 e. The van der Waals surface area contributed by atoms with Gasteiger partial charge in [-0.2, -0.15) is 0 Å². The highest BCUT2D eigenvalue weighted by Crippen LogP contribution is 2.31. The van der Waals surface area contributed by atoms with E-state index >= 15 is 0 Å². The van der Waals surface area contributed by atoms with Crippen LogP contribution >= 0.6 is 0 Å². The molecular formula is C14H23NO3. The van der Waals surface area contributed by atoms with Crippen molar-refractivity contribution in [1.29, 1.82) is 0 Å². The van der Waals surface area contributed by atoms with Gasteiger partial charge in [-0.05, 0) is 38.0 Å². The van der Waals surface area contributed by atoms with Crippen molar-refractivity contribution in [1.82, 2.24) is 5.32 Å². The van der Waals surface area contributed by atoms with Crippen LogP contribution < -0.4 is 5.32 Å². The molecule has 102 valence electrons. The van der Waals surface area contributed by atoms with E-state index in [9.17, 15) is 9.59 Å². The number of carbonyl (C=O) groups excluding carboxylic acids is 1. The Morgan fingerprint density at radius 3 is 2.28 bits per heavy atom. The van der Waals surface area contributed by atoms with Crippen LogP contribution in [0.4, 0.5) is 0 Å². The summed E-state index contributed by atoms with van der Waals surface area (Å²) in [5.74, 6) is -0.425. The van der Waals surface area contributed by atoms with Crippen LogP contribution in [0.15, 0.2) is 0 Å². The van der Waals surface area contributed by atoms with Crippen LogP contribution in [0.5, 0.6) is 0 Å². The number of hydrogen-bond acceptors (Lipinski definition) is 2. The molecule has 2 N–H and O–H groups in total. The summed E-state index contributed by atoms with van der Waals surface area (Å²) in [7, 11) is 0. The molecule has 1 amide bonds. The fraction of sp³-hybridized carbons (Fsp3) is 0.857. The van der Waals surface area contributed by atoms with Crippen molar-refractivity contribution >= 4 is 11.9 Å². The van der Waals surface area contributed by atoms with E-state index in [1.807, 2.05) is 0 Å². The predicted molar refractivity (Wildman–Crippen MR) is 68.1 cm³/mol. The lowest BCUT2D eigenvalue weighted by Crippen LogP contribution is -2.34. The van der Waals surface area contributed by atoms with Crippen LogP contribution in [0, 0.1) is 17.8 Å². The van der Waals surface area contributed by atoms with Crippen molar-refractivity contribution in [2.75, 3.05) is 6.54 Å². The van der Waals surface area contributed by atoms with E-state index in [1.165, 1.54) is 32.1 Å². The maximum Gasteiger partial charge on any atom is 0.306 e. The van der Waals surface area contributed by atoms with Crippen LogP contribution in [0.1, 0.15) is 51.4 Å². The van der Waals surface area contributed by atoms with E-state index < -0.39 is 5.97 Å². The topological polar surface area (TPSA) is 66.4 Å². The Bertz CT molecular complexity index is 310. The molecule has 0 unspecified atom stereocenters. The summed E-state index contributed by atoms with van der Waals surface area (Å²) in [6.07, 6.45) is 8.24. The zero-order valence-corrected chi connectivity index (χ0v) is 10.9. The number of aliphatic carboxylic acids is 1. The average Bonchev–Trinajstić information content (AvgIpc) is 2.87. The molecule has 0 aliphatic heterocycles. The molecule has 2 fully saturated rings. The van der Waals surface area contributed by atoms with Crippen molar-refractivity contribution in [3.8, 4) is 0 Å². The predicted octanol–water partition coefficient (Wildman–Crippen LogP) is 2.18. The number of carboxylic acids is 1. The summed E-state index contributed by atoms with van der Waals surface area (Å²) in [4.78, 5) is 22.8. The number of amides is 1. The van der Waals surface area contributed by atoms with Gasteiger partial charge in [0.05, 0.1) is 5.92 Å². The van der Waals surface area contributed by atoms with Gasteiger partial charge < -0.3 is 10.4 Å². The summed E-state index contributed by atoms with van der Waals surface area (Å²) < 4.78 is 0. The Balaban J connectivity index is 1.70. The fourth-order valence-electron chi connectivity index (χ4n) is 3.22. The molecule has 18 heavy (non-hydrogen) atoms. The van der Waals surface area contributed by atoms with Gasteiger partial charge in [-0.15, -0.1) is 0 Å². The number of nitrogens with one attached hydrogen (secondary N) is 1. The van der Waals surface area contributed by atoms with Gasteiger partial charge in [0.2, 0.25) is 5.91 Å². The van der Waals surface area contributed by atoms with Gasteiger partial charge in [0.25, 0.3) is 0 Å². The highest BCUT2D eigenvalue weighted by Gasteiger charge is 2.33. The summed E-state index contributed by atoms with van der Waals surface area (Å²) in [6.45, 7) is 0.785. The van der Waals surface area contributed by atoms with Crippen LogP contribution in [-0.2, 0) is 9.59 Å². The van der Waals surface area contributed by atoms with Crippen LogP contribution in [0.25, 0.3) is 0 Å². The first-order valence-electron chi connectivity index (χ1n) is 7.17. The molecule has 0 saturated heterocycles. The molecule has 2 aliphatic carbocycles. The van der Waals surface area contributed by atoms with E-state index in [-0.39, 0.29) is 17.7 Å². The minimum Gasteiger partial charge on any atom is -0.481 e. The maximum absolute atomic E-state index is 12.0. The maximum atomic E-state index is 12.0. The summed E-state index contributed by atoms with van der Waals surface area (Å²) in [6, 6.07) is 0. The zero-order chi connectivity index (χ0) is 13.0. The first kappa shape index (κ1) is 13.4. The molecule has 0 aromatic rings. The van der Waals surface area contributed by atoms with E-state index in [0.717, 1.165) is 13.0 Å². The van der Waals surface area contributed by atoms with E-state index in [4.69, 9.17) is 5.11 Å². The molecule has 0 bridgehead atoms. The second-order valence-electron chi connectivity index (χ2n) is 5.79. The standard InChI is InChI=1S/C14H23NO3/c16-13(11-6-7-12(8-11)14(17)18)15-9-10-4-2-1-3-5-10/h10-12H,1-9H2,(H,15,16)(H,17,18)/t11-,12+/m1/s1. The molecule has 0 aromatic heterocycles. The molecule has 0 spiro atoms. The first-order valence-corrected chi connectivity index (χ1v) is 7.17. The average molecular weight is 253 g/mol. The van der Waals surface area contributed by atoms with Gasteiger partial charge in [-0.3, -0.25) is 9.59 Å². The summed E-state index contributed by atoms with van der Waals surface area (Å²) >= 11 is 0. The Morgan fingerprint density at radius 1 is 1.00 bits per heavy atom. The summed E-state index contributed by atoms with van der Waals surface area (Å²) in [5, 5.41) is 11.9. The van der Waals surface area contributed by atoms with E-state index in [1.54, 1.807) is 0 Å². The number of carboxylic acid groups (broad SMARTS) is 1. The summed E-state index contributed by atoms with van der Waals surface area (Å²) in [5.41, 5.74) is 0. The van der Waals surface area contributed by atoms with Crippen molar-refractivity contribution in [3.63, 3.8) is 0 Å². The molecule has 4 heteroatoms. The van der Waals surface area contributed by atoms with Gasteiger partial charge in [-0.1, -0.05) is 19.3 Å². The van der Waals surface area contributed by atoms with Gasteiger partial charge in [0.1, 0.15) is 0 Å². The lowest BCUT2D eigenvalue weighted by molar-refractivity contribution is -0.141. The molecule has 2 rings (SSSR count). The van der Waals surface area contributed by atoms with Gasteiger partial charge >= 0.3 is 5.97 Å². The number of hydrogen-bond donors (Lipinski definition) is 2. The van der Waals surface area contributed by atoms with Crippen LogP contribution in [-0.4, -0.2) is 23.5 Å². The lowest BCUT2D eigenvalue weighted by atomic mass is 9.89. The first-order chi connectivity index (χ1) is 8.66. The lowest BCUT2D eigenvalue weighted by Gasteiger charge is -2.22. The third kappa shape index (κ3) is 3.47. The molecule has 0 heterocycles. The third-order valence-electron chi connectivity index (χ3n) is 4.44. The highest BCUT2D eigenvalue weighted by atomic mass is 16.4. The molecule has 2 atom stereocenters. The number of carbonyl (C=O) groups is 2. The Labute approximate surface area is 108 Å². The molecule has 4 nitrogen and oxygen atoms in total. The molecule has 0 aromatic carbocycles. The Hall–Kier alpha value is -1.06. The second-order valence-corrected chi connectivity index (χ2v) is 5.79. The molecule has 0 radical (unpaired) electrons. The van der Waals surface area contributed by atoms with Crippen molar-refractivity contribution in [2.24, 2.45) is 17.8 Å².